The van der Waals surface area contributed by atoms with Crippen LogP contribution in [0.1, 0.15) is 142 Å². The Kier molecular flexibility index (Phi) is 38.8. The molecule has 0 heterocycles. The first kappa shape index (κ1) is 53.9. The number of rotatable bonds is 38. The maximum Gasteiger partial charge on any atom is 0.472 e. The van der Waals surface area contributed by atoms with Crippen LogP contribution in [0.15, 0.2) is 97.2 Å². The van der Waals surface area contributed by atoms with E-state index in [1.165, 1.54) is 0 Å². The number of phosphoric ester groups is 1. The quantitative estimate of drug-likeness (QED) is 0.0238. The molecule has 0 fully saturated rings. The van der Waals surface area contributed by atoms with Crippen molar-refractivity contribution >= 4 is 19.8 Å². The van der Waals surface area contributed by atoms with Crippen LogP contribution in [-0.2, 0) is 32.7 Å². The molecule has 0 rings (SSSR count). The summed E-state index contributed by atoms with van der Waals surface area (Å²) >= 11 is 0. The lowest BCUT2D eigenvalue weighted by Crippen LogP contribution is -2.29. The number of carbonyl (C=O) groups excluding carboxylic acids is 2. The van der Waals surface area contributed by atoms with E-state index in [0.717, 1.165) is 103 Å². The largest absolute Gasteiger partial charge is 0.472 e. The van der Waals surface area contributed by atoms with Crippen LogP contribution >= 0.6 is 7.82 Å². The molecule has 10 nitrogen and oxygen atoms in total. The van der Waals surface area contributed by atoms with Crippen molar-refractivity contribution in [2.45, 2.75) is 154 Å². The monoisotopic (exact) mass is 819 g/mol. The number of aliphatic hydroxyl groups is 2. The van der Waals surface area contributed by atoms with Gasteiger partial charge in [-0.3, -0.25) is 18.6 Å². The van der Waals surface area contributed by atoms with Crippen LogP contribution in [0.25, 0.3) is 0 Å². The Hall–Kier alpha value is -3.11. The smallest absolute Gasteiger partial charge is 0.462 e. The molecule has 0 aromatic rings. The second-order valence-corrected chi connectivity index (χ2v) is 15.1. The summed E-state index contributed by atoms with van der Waals surface area (Å²) in [5.74, 6) is -0.992. The SMILES string of the molecule is CC/C=C\C/C=C\C/C=C\C/C=C\CCCCCCC(=O)OCC(COP(=O)(O)OCC(O)CO)OC(=O)CCCCCC/C=C\C/C=C\C/C=C\C/C=C\CC. The molecule has 0 aliphatic carbocycles. The number of aliphatic hydroxyl groups excluding tert-OH is 2. The number of phosphoric acid groups is 1. The lowest BCUT2D eigenvalue weighted by atomic mass is 10.1. The summed E-state index contributed by atoms with van der Waals surface area (Å²) < 4.78 is 32.7. The van der Waals surface area contributed by atoms with Crippen molar-refractivity contribution in [1.82, 2.24) is 0 Å². The van der Waals surface area contributed by atoms with Gasteiger partial charge in [0.25, 0.3) is 0 Å². The van der Waals surface area contributed by atoms with E-state index < -0.39 is 51.8 Å². The molecule has 324 valence electrons. The van der Waals surface area contributed by atoms with Crippen molar-refractivity contribution in [3.05, 3.63) is 97.2 Å². The van der Waals surface area contributed by atoms with Gasteiger partial charge in [0.1, 0.15) is 12.7 Å². The number of allylic oxidation sites excluding steroid dienone is 16. The predicted octanol–water partition coefficient (Wildman–Crippen LogP) is 11.2. The lowest BCUT2D eigenvalue weighted by Gasteiger charge is -2.20. The van der Waals surface area contributed by atoms with Gasteiger partial charge in [0, 0.05) is 12.8 Å². The average molecular weight is 819 g/mol. The van der Waals surface area contributed by atoms with Gasteiger partial charge in [0.05, 0.1) is 19.8 Å². The summed E-state index contributed by atoms with van der Waals surface area (Å²) in [6.07, 6.45) is 49.4. The highest BCUT2D eigenvalue weighted by Gasteiger charge is 2.27. The van der Waals surface area contributed by atoms with Crippen LogP contribution in [0, 0.1) is 0 Å². The molecule has 0 spiro atoms. The van der Waals surface area contributed by atoms with Gasteiger partial charge in [0.15, 0.2) is 6.10 Å². The molecular formula is C46H75O10P. The Labute approximate surface area is 344 Å². The van der Waals surface area contributed by atoms with Gasteiger partial charge in [-0.1, -0.05) is 137 Å². The number of esters is 2. The zero-order valence-corrected chi connectivity index (χ0v) is 35.9. The highest BCUT2D eigenvalue weighted by atomic mass is 31.2. The third kappa shape index (κ3) is 40.9. The number of ether oxygens (including phenoxy) is 2. The van der Waals surface area contributed by atoms with Crippen molar-refractivity contribution in [2.24, 2.45) is 0 Å². The topological polar surface area (TPSA) is 149 Å². The lowest BCUT2D eigenvalue weighted by molar-refractivity contribution is -0.161. The molecule has 57 heavy (non-hydrogen) atoms. The summed E-state index contributed by atoms with van der Waals surface area (Å²) in [7, 11) is -4.64. The van der Waals surface area contributed by atoms with E-state index in [0.29, 0.717) is 12.8 Å². The fourth-order valence-electron chi connectivity index (χ4n) is 5.03. The van der Waals surface area contributed by atoms with E-state index >= 15 is 0 Å². The van der Waals surface area contributed by atoms with E-state index in [2.05, 4.69) is 116 Å². The van der Waals surface area contributed by atoms with E-state index in [-0.39, 0.29) is 19.4 Å². The third-order valence-electron chi connectivity index (χ3n) is 8.23. The summed E-state index contributed by atoms with van der Waals surface area (Å²) in [5, 5.41) is 18.3. The van der Waals surface area contributed by atoms with Gasteiger partial charge in [-0.05, 0) is 89.9 Å². The van der Waals surface area contributed by atoms with Gasteiger partial charge in [-0.2, -0.15) is 0 Å². The summed E-state index contributed by atoms with van der Waals surface area (Å²) in [6, 6.07) is 0. The molecule has 0 amide bonds. The molecule has 0 aromatic heterocycles. The molecule has 3 N–H and O–H groups in total. The molecule has 0 radical (unpaired) electrons. The van der Waals surface area contributed by atoms with Crippen LogP contribution in [0.4, 0.5) is 0 Å². The highest BCUT2D eigenvalue weighted by molar-refractivity contribution is 7.47. The Morgan fingerprint density at radius 2 is 0.912 bits per heavy atom. The Morgan fingerprint density at radius 1 is 0.526 bits per heavy atom. The summed E-state index contributed by atoms with van der Waals surface area (Å²) in [4.78, 5) is 35.0. The molecular weight excluding hydrogens is 743 g/mol. The number of unbranched alkanes of at least 4 members (excludes halogenated alkanes) is 8. The van der Waals surface area contributed by atoms with E-state index in [1.54, 1.807) is 0 Å². The Balaban J connectivity index is 4.42. The van der Waals surface area contributed by atoms with Gasteiger partial charge in [-0.25, -0.2) is 4.57 Å². The first-order valence-corrected chi connectivity index (χ1v) is 22.7. The fourth-order valence-corrected chi connectivity index (χ4v) is 5.82. The van der Waals surface area contributed by atoms with Crippen LogP contribution in [0.2, 0.25) is 0 Å². The summed E-state index contributed by atoms with van der Waals surface area (Å²) in [6.45, 7) is 2.07. The second kappa shape index (κ2) is 41.1. The standard InChI is InChI=1S/C46H75O10P/c1-3-5-7-9-11-13-15-17-19-21-23-25-27-29-31-33-35-37-45(49)53-41-44(42-55-57(51,52)54-40-43(48)39-47)56-46(50)38-36-34-32-30-28-26-24-22-20-18-16-14-12-10-8-6-4-2/h5-8,11-14,17-20,23-26,43-44,47-48H,3-4,9-10,15-16,21-22,27-42H2,1-2H3,(H,51,52)/b7-5-,8-6-,13-11-,14-12-,19-17-,20-18-,25-23-,26-24-. The molecule has 0 aliphatic heterocycles. The van der Waals surface area contributed by atoms with Crippen molar-refractivity contribution in [3.8, 4) is 0 Å². The van der Waals surface area contributed by atoms with Crippen molar-refractivity contribution < 1.29 is 47.8 Å². The molecule has 11 heteroatoms. The Morgan fingerprint density at radius 3 is 1.35 bits per heavy atom. The number of hydrogen-bond donors (Lipinski definition) is 3. The third-order valence-corrected chi connectivity index (χ3v) is 9.18. The Bertz CT molecular complexity index is 1260. The molecule has 0 saturated heterocycles. The number of carbonyl (C=O) groups is 2. The van der Waals surface area contributed by atoms with E-state index in [4.69, 9.17) is 19.1 Å². The van der Waals surface area contributed by atoms with Crippen LogP contribution < -0.4 is 0 Å². The van der Waals surface area contributed by atoms with Gasteiger partial charge in [0.2, 0.25) is 0 Å². The first-order valence-electron chi connectivity index (χ1n) is 21.2. The van der Waals surface area contributed by atoms with Crippen molar-refractivity contribution in [1.29, 1.82) is 0 Å². The maximum absolute atomic E-state index is 12.6. The molecule has 0 bridgehead atoms. The number of hydrogen-bond acceptors (Lipinski definition) is 9. The molecule has 3 atom stereocenters. The summed E-state index contributed by atoms with van der Waals surface area (Å²) in [5.41, 5.74) is 0. The van der Waals surface area contributed by atoms with Crippen LogP contribution in [-0.4, -0.2) is 65.7 Å². The van der Waals surface area contributed by atoms with Gasteiger partial charge >= 0.3 is 19.8 Å². The zero-order valence-electron chi connectivity index (χ0n) is 35.0. The van der Waals surface area contributed by atoms with Gasteiger partial charge < -0.3 is 24.6 Å². The van der Waals surface area contributed by atoms with Crippen LogP contribution in [0.5, 0.6) is 0 Å². The minimum absolute atomic E-state index is 0.144. The minimum Gasteiger partial charge on any atom is -0.462 e. The van der Waals surface area contributed by atoms with Crippen LogP contribution in [0.3, 0.4) is 0 Å². The normalized spacial score (nSPS) is 14.8. The van der Waals surface area contributed by atoms with E-state index in [9.17, 15) is 24.2 Å². The molecule has 3 unspecified atom stereocenters. The molecule has 0 saturated carbocycles. The average Bonchev–Trinajstić information content (AvgIpc) is 3.20. The molecule has 0 aliphatic rings. The highest BCUT2D eigenvalue weighted by Crippen LogP contribution is 2.43. The van der Waals surface area contributed by atoms with Gasteiger partial charge in [-0.15, -0.1) is 0 Å². The second-order valence-electron chi connectivity index (χ2n) is 13.6. The molecule has 0 aromatic carbocycles. The fraction of sp³-hybridized carbons (Fsp3) is 0.609. The predicted molar refractivity (Wildman–Crippen MR) is 232 cm³/mol. The zero-order chi connectivity index (χ0) is 41.9. The van der Waals surface area contributed by atoms with Crippen molar-refractivity contribution in [3.63, 3.8) is 0 Å². The van der Waals surface area contributed by atoms with E-state index in [1.807, 2.05) is 0 Å². The maximum atomic E-state index is 12.6. The van der Waals surface area contributed by atoms with Crippen molar-refractivity contribution in [2.75, 3.05) is 26.4 Å². The minimum atomic E-state index is -4.64. The first-order chi connectivity index (χ1) is 27.7.